The number of hydrogen-bond donors (Lipinski definition) is 1. The predicted molar refractivity (Wildman–Crippen MR) is 77.1 cm³/mol. The van der Waals surface area contributed by atoms with Crippen LogP contribution in [0.3, 0.4) is 0 Å². The molecule has 114 valence electrons. The molecule has 1 heterocycles. The molecular formula is C15H27N3O2. The maximum atomic E-state index is 6.09. The van der Waals surface area contributed by atoms with Gasteiger partial charge >= 0.3 is 0 Å². The van der Waals surface area contributed by atoms with Gasteiger partial charge in [-0.05, 0) is 25.7 Å². The molecule has 0 aliphatic heterocycles. The Morgan fingerprint density at radius 3 is 2.45 bits per heavy atom. The van der Waals surface area contributed by atoms with Gasteiger partial charge in [0.1, 0.15) is 5.60 Å². The van der Waals surface area contributed by atoms with E-state index in [1.165, 1.54) is 12.8 Å². The Labute approximate surface area is 121 Å². The van der Waals surface area contributed by atoms with Crippen LogP contribution in [0.4, 0.5) is 0 Å². The highest BCUT2D eigenvalue weighted by Crippen LogP contribution is 2.38. The molecular weight excluding hydrogens is 254 g/mol. The zero-order valence-corrected chi connectivity index (χ0v) is 12.9. The van der Waals surface area contributed by atoms with E-state index in [4.69, 9.17) is 15.0 Å². The minimum absolute atomic E-state index is 0.208. The van der Waals surface area contributed by atoms with E-state index in [-0.39, 0.29) is 17.6 Å². The van der Waals surface area contributed by atoms with Crippen LogP contribution in [0.15, 0.2) is 4.52 Å². The van der Waals surface area contributed by atoms with Gasteiger partial charge < -0.3 is 15.0 Å². The van der Waals surface area contributed by atoms with Crippen LogP contribution >= 0.6 is 0 Å². The average molecular weight is 281 g/mol. The highest BCUT2D eigenvalue weighted by molar-refractivity contribution is 5.04. The first-order valence-corrected chi connectivity index (χ1v) is 7.82. The van der Waals surface area contributed by atoms with E-state index >= 15 is 0 Å². The van der Waals surface area contributed by atoms with Crippen molar-refractivity contribution in [3.63, 3.8) is 0 Å². The van der Waals surface area contributed by atoms with Gasteiger partial charge in [0.15, 0.2) is 0 Å². The van der Waals surface area contributed by atoms with E-state index in [9.17, 15) is 0 Å². The van der Waals surface area contributed by atoms with Gasteiger partial charge in [0.25, 0.3) is 0 Å². The van der Waals surface area contributed by atoms with E-state index in [0.29, 0.717) is 18.3 Å². The van der Waals surface area contributed by atoms with Crippen LogP contribution in [-0.2, 0) is 10.3 Å². The lowest BCUT2D eigenvalue weighted by Gasteiger charge is -2.29. The Morgan fingerprint density at radius 2 is 1.90 bits per heavy atom. The first kappa shape index (κ1) is 15.4. The summed E-state index contributed by atoms with van der Waals surface area (Å²) < 4.78 is 11.5. The fourth-order valence-corrected chi connectivity index (χ4v) is 2.85. The van der Waals surface area contributed by atoms with Crippen LogP contribution in [0.2, 0.25) is 0 Å². The highest BCUT2D eigenvalue weighted by Gasteiger charge is 2.38. The van der Waals surface area contributed by atoms with Crippen molar-refractivity contribution in [2.24, 2.45) is 11.7 Å². The number of hydrogen-bond acceptors (Lipinski definition) is 5. The fourth-order valence-electron chi connectivity index (χ4n) is 2.85. The molecule has 5 nitrogen and oxygen atoms in total. The molecule has 0 aromatic carbocycles. The Morgan fingerprint density at radius 1 is 1.25 bits per heavy atom. The van der Waals surface area contributed by atoms with E-state index < -0.39 is 0 Å². The molecule has 0 bridgehead atoms. The lowest BCUT2D eigenvalue weighted by Crippen LogP contribution is -2.31. The van der Waals surface area contributed by atoms with Crippen molar-refractivity contribution in [3.8, 4) is 0 Å². The molecule has 1 atom stereocenters. The Hall–Kier alpha value is -0.940. The van der Waals surface area contributed by atoms with E-state index in [1.54, 1.807) is 0 Å². The Balaban J connectivity index is 2.25. The first-order valence-electron chi connectivity index (χ1n) is 7.82. The fraction of sp³-hybridized carbons (Fsp3) is 0.867. The molecule has 0 amide bonds. The molecule has 0 saturated heterocycles. The van der Waals surface area contributed by atoms with Crippen molar-refractivity contribution in [1.82, 2.24) is 10.1 Å². The summed E-state index contributed by atoms with van der Waals surface area (Å²) in [4.78, 5) is 4.56. The standard InChI is InChI=1S/C15H27N3O2/c1-4-19-15(9-7-5-6-8-10-15)14-17-13(20-18-14)12(16)11(2)3/h11-12H,4-10,16H2,1-3H3. The minimum atomic E-state index is -0.371. The molecule has 5 heteroatoms. The van der Waals surface area contributed by atoms with Gasteiger partial charge in [-0.25, -0.2) is 0 Å². The molecule has 0 radical (unpaired) electrons. The zero-order valence-electron chi connectivity index (χ0n) is 12.9. The Kier molecular flexibility index (Phi) is 5.16. The predicted octanol–water partition coefficient (Wildman–Crippen LogP) is 3.31. The molecule has 1 aliphatic carbocycles. The number of nitrogens with two attached hydrogens (primary N) is 1. The van der Waals surface area contributed by atoms with Gasteiger partial charge in [0, 0.05) is 6.61 Å². The lowest BCUT2D eigenvalue weighted by molar-refractivity contribution is -0.0636. The van der Waals surface area contributed by atoms with E-state index in [1.807, 2.05) is 6.92 Å². The number of ether oxygens (including phenoxy) is 1. The SMILES string of the molecule is CCOC1(c2noc(C(N)C(C)C)n2)CCCCCC1. The largest absolute Gasteiger partial charge is 0.367 e. The lowest BCUT2D eigenvalue weighted by atomic mass is 9.93. The third-order valence-electron chi connectivity index (χ3n) is 4.18. The van der Waals surface area contributed by atoms with Crippen molar-refractivity contribution < 1.29 is 9.26 Å². The summed E-state index contributed by atoms with van der Waals surface area (Å²) in [7, 11) is 0. The molecule has 1 fully saturated rings. The molecule has 2 rings (SSSR count). The maximum absolute atomic E-state index is 6.09. The number of rotatable bonds is 5. The minimum Gasteiger partial charge on any atom is -0.367 e. The molecule has 1 aliphatic rings. The second kappa shape index (κ2) is 6.68. The smallest absolute Gasteiger partial charge is 0.243 e. The summed E-state index contributed by atoms with van der Waals surface area (Å²) in [6.07, 6.45) is 6.75. The second-order valence-electron chi connectivity index (χ2n) is 6.07. The van der Waals surface area contributed by atoms with Gasteiger partial charge in [-0.1, -0.05) is 44.7 Å². The summed E-state index contributed by atoms with van der Waals surface area (Å²) in [6.45, 7) is 6.80. The average Bonchev–Trinajstić information content (AvgIpc) is 2.80. The van der Waals surface area contributed by atoms with Gasteiger partial charge in [-0.2, -0.15) is 4.98 Å². The molecule has 20 heavy (non-hydrogen) atoms. The van der Waals surface area contributed by atoms with E-state index in [2.05, 4.69) is 24.0 Å². The summed E-state index contributed by atoms with van der Waals surface area (Å²) in [5, 5.41) is 4.18. The maximum Gasteiger partial charge on any atom is 0.243 e. The third-order valence-corrected chi connectivity index (χ3v) is 4.18. The molecule has 2 N–H and O–H groups in total. The van der Waals surface area contributed by atoms with Gasteiger partial charge in [0.2, 0.25) is 11.7 Å². The third kappa shape index (κ3) is 3.20. The summed E-state index contributed by atoms with van der Waals surface area (Å²) in [5.74, 6) is 1.49. The quantitative estimate of drug-likeness (QED) is 0.838. The van der Waals surface area contributed by atoms with Crippen LogP contribution in [-0.4, -0.2) is 16.7 Å². The van der Waals surface area contributed by atoms with Gasteiger partial charge in [-0.3, -0.25) is 0 Å². The molecule has 1 saturated carbocycles. The summed E-state index contributed by atoms with van der Waals surface area (Å²) >= 11 is 0. The molecule has 1 aromatic heterocycles. The van der Waals surface area contributed by atoms with Crippen LogP contribution < -0.4 is 5.73 Å². The van der Waals surface area contributed by atoms with Crippen molar-refractivity contribution in [2.75, 3.05) is 6.61 Å². The number of aromatic nitrogens is 2. The number of nitrogens with zero attached hydrogens (tertiary/aromatic N) is 2. The monoisotopic (exact) mass is 281 g/mol. The zero-order chi connectivity index (χ0) is 14.6. The molecule has 0 spiro atoms. The normalized spacial score (nSPS) is 20.9. The van der Waals surface area contributed by atoms with Gasteiger partial charge in [0.05, 0.1) is 6.04 Å². The van der Waals surface area contributed by atoms with Crippen LogP contribution in [0, 0.1) is 5.92 Å². The summed E-state index contributed by atoms with van der Waals surface area (Å²) in [6, 6.07) is -0.208. The molecule has 1 aromatic rings. The Bertz CT molecular complexity index is 409. The first-order chi connectivity index (χ1) is 9.59. The van der Waals surface area contributed by atoms with Crippen LogP contribution in [0.25, 0.3) is 0 Å². The highest BCUT2D eigenvalue weighted by atomic mass is 16.5. The van der Waals surface area contributed by atoms with Crippen molar-refractivity contribution in [2.45, 2.75) is 70.9 Å². The van der Waals surface area contributed by atoms with Crippen molar-refractivity contribution in [3.05, 3.63) is 11.7 Å². The van der Waals surface area contributed by atoms with Crippen LogP contribution in [0.5, 0.6) is 0 Å². The molecule has 1 unspecified atom stereocenters. The van der Waals surface area contributed by atoms with Crippen LogP contribution in [0.1, 0.15) is 77.1 Å². The second-order valence-corrected chi connectivity index (χ2v) is 6.07. The van der Waals surface area contributed by atoms with E-state index in [0.717, 1.165) is 25.7 Å². The van der Waals surface area contributed by atoms with Crippen molar-refractivity contribution >= 4 is 0 Å². The van der Waals surface area contributed by atoms with Gasteiger partial charge in [-0.15, -0.1) is 0 Å². The topological polar surface area (TPSA) is 74.2 Å². The van der Waals surface area contributed by atoms with Crippen molar-refractivity contribution in [1.29, 1.82) is 0 Å². The summed E-state index contributed by atoms with van der Waals surface area (Å²) in [5.41, 5.74) is 5.72.